The number of carbonyl (C=O) groups is 2. The van der Waals surface area contributed by atoms with Crippen molar-refractivity contribution in [2.75, 3.05) is 0 Å². The maximum Gasteiger partial charge on any atom is 0.289 e. The molecule has 0 aliphatic carbocycles. The van der Waals surface area contributed by atoms with Crippen LogP contribution in [0.2, 0.25) is 0 Å². The first kappa shape index (κ1) is 15.9. The normalized spacial score (nSPS) is 10.3. The molecule has 0 saturated carbocycles. The summed E-state index contributed by atoms with van der Waals surface area (Å²) in [4.78, 5) is 29.2. The molecule has 23 heavy (non-hydrogen) atoms. The van der Waals surface area contributed by atoms with Gasteiger partial charge in [0, 0.05) is 20.8 Å². The van der Waals surface area contributed by atoms with E-state index in [1.165, 1.54) is 11.3 Å². The van der Waals surface area contributed by atoms with Gasteiger partial charge in [-0.2, -0.15) is 0 Å². The number of rotatable bonds is 3. The second-order valence-electron chi connectivity index (χ2n) is 4.44. The van der Waals surface area contributed by atoms with E-state index in [9.17, 15) is 9.59 Å². The Morgan fingerprint density at radius 1 is 1.00 bits per heavy atom. The van der Waals surface area contributed by atoms with Gasteiger partial charge in [0.15, 0.2) is 0 Å². The number of thiazole rings is 1. The van der Waals surface area contributed by atoms with Crippen LogP contribution in [0.3, 0.4) is 0 Å². The van der Waals surface area contributed by atoms with Crippen LogP contribution in [0.4, 0.5) is 0 Å². The Hall–Kier alpha value is -2.03. The van der Waals surface area contributed by atoms with Crippen LogP contribution in [0.5, 0.6) is 0 Å². The van der Waals surface area contributed by atoms with Crippen LogP contribution < -0.4 is 10.9 Å². The van der Waals surface area contributed by atoms with Crippen LogP contribution in [0.25, 0.3) is 9.88 Å². The average molecular weight is 408 g/mol. The fraction of sp³-hybridized carbons (Fsp3) is 0. The van der Waals surface area contributed by atoms with Crippen molar-refractivity contribution in [3.63, 3.8) is 0 Å². The maximum absolute atomic E-state index is 12.0. The van der Waals surface area contributed by atoms with Gasteiger partial charge in [0.2, 0.25) is 0 Å². The minimum absolute atomic E-state index is 0.267. The first-order chi connectivity index (χ1) is 11.1. The summed E-state index contributed by atoms with van der Waals surface area (Å²) in [5.41, 5.74) is 5.47. The second-order valence-corrected chi connectivity index (χ2v) is 7.13. The van der Waals surface area contributed by atoms with Gasteiger partial charge in [-0.25, -0.2) is 4.98 Å². The van der Waals surface area contributed by atoms with Crippen molar-refractivity contribution < 1.29 is 9.59 Å². The third kappa shape index (κ3) is 3.84. The van der Waals surface area contributed by atoms with Crippen molar-refractivity contribution in [3.8, 4) is 9.88 Å². The van der Waals surface area contributed by atoms with Gasteiger partial charge in [0.05, 0.1) is 4.88 Å². The minimum Gasteiger partial charge on any atom is -0.267 e. The molecule has 0 saturated heterocycles. The summed E-state index contributed by atoms with van der Waals surface area (Å²) < 4.78 is 0.980. The van der Waals surface area contributed by atoms with Crippen molar-refractivity contribution in [3.05, 3.63) is 62.9 Å². The molecule has 0 atom stereocenters. The summed E-state index contributed by atoms with van der Waals surface area (Å²) in [5.74, 6) is -0.830. The second kappa shape index (κ2) is 7.03. The van der Waals surface area contributed by atoms with E-state index in [0.717, 1.165) is 14.4 Å². The summed E-state index contributed by atoms with van der Waals surface area (Å²) in [7, 11) is 0. The number of amides is 2. The molecule has 2 heterocycles. The molecule has 2 amide bonds. The van der Waals surface area contributed by atoms with Crippen molar-refractivity contribution in [2.45, 2.75) is 0 Å². The molecule has 3 aromatic rings. The van der Waals surface area contributed by atoms with Crippen LogP contribution in [-0.2, 0) is 0 Å². The smallest absolute Gasteiger partial charge is 0.267 e. The zero-order valence-electron chi connectivity index (χ0n) is 11.6. The molecular formula is C15H10BrN3O2S2. The van der Waals surface area contributed by atoms with Gasteiger partial charge in [-0.1, -0.05) is 18.2 Å². The number of benzene rings is 1. The number of hydrogen-bond acceptors (Lipinski definition) is 5. The van der Waals surface area contributed by atoms with Gasteiger partial charge >= 0.3 is 0 Å². The van der Waals surface area contributed by atoms with E-state index in [1.807, 2.05) is 17.5 Å². The quantitative estimate of drug-likeness (QED) is 0.650. The molecular weight excluding hydrogens is 398 g/mol. The Bertz CT molecular complexity index is 845. The van der Waals surface area contributed by atoms with Crippen molar-refractivity contribution in [1.29, 1.82) is 0 Å². The zero-order chi connectivity index (χ0) is 16.2. The third-order valence-electron chi connectivity index (χ3n) is 2.84. The highest BCUT2D eigenvalue weighted by molar-refractivity contribution is 9.10. The highest BCUT2D eigenvalue weighted by Gasteiger charge is 2.14. The SMILES string of the molecule is O=C(NNC(=O)c1csc(-c2cc(Br)cs2)n1)c1ccccc1. The Kier molecular flexibility index (Phi) is 4.85. The van der Waals surface area contributed by atoms with Crippen LogP contribution >= 0.6 is 38.6 Å². The number of aromatic nitrogens is 1. The summed E-state index contributed by atoms with van der Waals surface area (Å²) in [6, 6.07) is 10.6. The lowest BCUT2D eigenvalue weighted by atomic mass is 10.2. The van der Waals surface area contributed by atoms with Crippen molar-refractivity contribution in [2.24, 2.45) is 0 Å². The first-order valence-corrected chi connectivity index (χ1v) is 9.04. The topological polar surface area (TPSA) is 71.1 Å². The highest BCUT2D eigenvalue weighted by Crippen LogP contribution is 2.31. The monoisotopic (exact) mass is 407 g/mol. The zero-order valence-corrected chi connectivity index (χ0v) is 14.8. The molecule has 0 unspecified atom stereocenters. The molecule has 2 N–H and O–H groups in total. The molecule has 0 spiro atoms. The molecule has 0 aliphatic heterocycles. The largest absolute Gasteiger partial charge is 0.289 e. The number of nitrogens with zero attached hydrogens (tertiary/aromatic N) is 1. The molecule has 5 nitrogen and oxygen atoms in total. The molecule has 1 aromatic carbocycles. The maximum atomic E-state index is 12.0. The lowest BCUT2D eigenvalue weighted by Crippen LogP contribution is -2.41. The molecule has 3 rings (SSSR count). The molecule has 0 aliphatic rings. The number of hydrazine groups is 1. The number of nitrogens with one attached hydrogen (secondary N) is 2. The molecule has 0 bridgehead atoms. The number of hydrogen-bond donors (Lipinski definition) is 2. The summed E-state index contributed by atoms with van der Waals surface area (Å²) in [6.45, 7) is 0. The van der Waals surface area contributed by atoms with E-state index in [2.05, 4.69) is 31.8 Å². The summed E-state index contributed by atoms with van der Waals surface area (Å²) in [5, 5.41) is 4.38. The van der Waals surface area contributed by atoms with Crippen LogP contribution in [0.1, 0.15) is 20.8 Å². The third-order valence-corrected chi connectivity index (χ3v) is 5.54. The summed E-state index contributed by atoms with van der Waals surface area (Å²) >= 11 is 6.31. The van der Waals surface area contributed by atoms with E-state index in [1.54, 1.807) is 41.0 Å². The summed E-state index contributed by atoms with van der Waals surface area (Å²) in [6.07, 6.45) is 0. The predicted octanol–water partition coefficient (Wildman–Crippen LogP) is 3.71. The lowest BCUT2D eigenvalue weighted by Gasteiger charge is -2.05. The fourth-order valence-corrected chi connectivity index (χ4v) is 4.06. The predicted molar refractivity (Wildman–Crippen MR) is 94.5 cm³/mol. The van der Waals surface area contributed by atoms with Crippen molar-refractivity contribution in [1.82, 2.24) is 15.8 Å². The fourth-order valence-electron chi connectivity index (χ4n) is 1.76. The Labute approximate surface area is 148 Å². The average Bonchev–Trinajstić information content (AvgIpc) is 3.22. The van der Waals surface area contributed by atoms with E-state index < -0.39 is 5.91 Å². The van der Waals surface area contributed by atoms with E-state index in [-0.39, 0.29) is 11.6 Å². The van der Waals surface area contributed by atoms with Gasteiger partial charge in [-0.3, -0.25) is 20.4 Å². The van der Waals surface area contributed by atoms with Crippen LogP contribution in [0.15, 0.2) is 51.6 Å². The molecule has 2 aromatic heterocycles. The molecule has 8 heteroatoms. The Morgan fingerprint density at radius 3 is 2.43 bits per heavy atom. The molecule has 0 fully saturated rings. The lowest BCUT2D eigenvalue weighted by molar-refractivity contribution is 0.0844. The molecule has 116 valence electrons. The standard InChI is InChI=1S/C15H10BrN3O2S2/c16-10-6-12(22-7-10)15-17-11(8-23-15)14(21)19-18-13(20)9-4-2-1-3-5-9/h1-8H,(H,18,20)(H,19,21). The van der Waals surface area contributed by atoms with Gasteiger partial charge in [-0.05, 0) is 34.1 Å². The van der Waals surface area contributed by atoms with Crippen molar-refractivity contribution >= 4 is 50.4 Å². The molecule has 0 radical (unpaired) electrons. The van der Waals surface area contributed by atoms with Gasteiger partial charge in [-0.15, -0.1) is 22.7 Å². The van der Waals surface area contributed by atoms with Gasteiger partial charge in [0.1, 0.15) is 10.7 Å². The van der Waals surface area contributed by atoms with Crippen LogP contribution in [-0.4, -0.2) is 16.8 Å². The van der Waals surface area contributed by atoms with E-state index in [0.29, 0.717) is 5.56 Å². The van der Waals surface area contributed by atoms with Gasteiger partial charge < -0.3 is 0 Å². The minimum atomic E-state index is -0.451. The number of halogens is 1. The van der Waals surface area contributed by atoms with E-state index in [4.69, 9.17) is 0 Å². The number of carbonyl (C=O) groups excluding carboxylic acids is 2. The van der Waals surface area contributed by atoms with Gasteiger partial charge in [0.25, 0.3) is 11.8 Å². The Balaban J connectivity index is 1.63. The van der Waals surface area contributed by atoms with E-state index >= 15 is 0 Å². The Morgan fingerprint density at radius 2 is 1.74 bits per heavy atom. The van der Waals surface area contributed by atoms with Crippen LogP contribution in [0, 0.1) is 0 Å². The number of thiophene rings is 1. The highest BCUT2D eigenvalue weighted by atomic mass is 79.9. The first-order valence-electron chi connectivity index (χ1n) is 6.49.